The summed E-state index contributed by atoms with van der Waals surface area (Å²) >= 11 is 8.23. The van der Waals surface area contributed by atoms with Gasteiger partial charge in [0.1, 0.15) is 11.4 Å². The second kappa shape index (κ2) is 3.99. The Labute approximate surface area is 87.7 Å². The minimum atomic E-state index is 0.425. The lowest BCUT2D eigenvalue weighted by Gasteiger charge is -1.93. The molecule has 0 atom stereocenters. The summed E-state index contributed by atoms with van der Waals surface area (Å²) in [7, 11) is 0. The van der Waals surface area contributed by atoms with Crippen LogP contribution in [0.25, 0.3) is 0 Å². The van der Waals surface area contributed by atoms with Gasteiger partial charge in [0.2, 0.25) is 0 Å². The molecule has 2 rings (SSSR count). The van der Waals surface area contributed by atoms with Crippen LogP contribution < -0.4 is 0 Å². The summed E-state index contributed by atoms with van der Waals surface area (Å²) in [5, 5.41) is 1.92. The maximum atomic E-state index is 5.76. The van der Waals surface area contributed by atoms with Crippen LogP contribution in [0.4, 0.5) is 0 Å². The quantitative estimate of drug-likeness (QED) is 0.740. The van der Waals surface area contributed by atoms with Gasteiger partial charge in [-0.05, 0) is 17.8 Å². The van der Waals surface area contributed by atoms with Crippen molar-refractivity contribution in [2.24, 2.45) is 0 Å². The molecule has 0 spiro atoms. The Bertz CT molecular complexity index is 391. The molecule has 2 aromatic rings. The summed E-state index contributed by atoms with van der Waals surface area (Å²) in [6.07, 6.45) is 3.15. The number of aromatic nitrogens is 4. The molecular weight excluding hydrogens is 228 g/mol. The number of hydrogen-bond acceptors (Lipinski definition) is 6. The van der Waals surface area contributed by atoms with E-state index in [2.05, 4.69) is 18.7 Å². The topological polar surface area (TPSA) is 51.6 Å². The molecule has 0 aliphatic heterocycles. The lowest BCUT2D eigenvalue weighted by molar-refractivity contribution is 1.04. The summed E-state index contributed by atoms with van der Waals surface area (Å²) in [6, 6.07) is 1.79. The largest absolute Gasteiger partial charge is 0.245 e. The average molecular weight is 231 g/mol. The van der Waals surface area contributed by atoms with Gasteiger partial charge in [0.05, 0.1) is 11.7 Å². The Kier molecular flexibility index (Phi) is 2.72. The molecule has 2 heterocycles. The lowest BCUT2D eigenvalue weighted by Crippen LogP contribution is -1.80. The van der Waals surface area contributed by atoms with Crippen molar-refractivity contribution >= 4 is 35.1 Å². The number of halogens is 1. The molecule has 0 aliphatic rings. The number of rotatable bonds is 2. The Balaban J connectivity index is 2.20. The fourth-order valence-corrected chi connectivity index (χ4v) is 2.19. The SMILES string of the molecule is Clc1nsnc1Sc1ccncn1. The Morgan fingerprint density at radius 3 is 2.92 bits per heavy atom. The van der Waals surface area contributed by atoms with Crippen molar-refractivity contribution in [3.05, 3.63) is 23.7 Å². The van der Waals surface area contributed by atoms with E-state index >= 15 is 0 Å². The fourth-order valence-electron chi connectivity index (χ4n) is 0.669. The van der Waals surface area contributed by atoms with E-state index < -0.39 is 0 Å². The molecular formula is C6H3ClN4S2. The zero-order chi connectivity index (χ0) is 9.10. The minimum Gasteiger partial charge on any atom is -0.245 e. The molecule has 0 aromatic carbocycles. The average Bonchev–Trinajstić information content (AvgIpc) is 2.54. The van der Waals surface area contributed by atoms with E-state index in [0.29, 0.717) is 10.2 Å². The molecule has 0 bridgehead atoms. The third kappa shape index (κ3) is 2.15. The molecule has 0 saturated heterocycles. The van der Waals surface area contributed by atoms with Crippen molar-refractivity contribution in [3.8, 4) is 0 Å². The first kappa shape index (κ1) is 8.86. The van der Waals surface area contributed by atoms with Crippen molar-refractivity contribution in [3.63, 3.8) is 0 Å². The molecule has 2 aromatic heterocycles. The van der Waals surface area contributed by atoms with Crippen molar-refractivity contribution in [2.75, 3.05) is 0 Å². The lowest BCUT2D eigenvalue weighted by atomic mass is 10.7. The third-order valence-electron chi connectivity index (χ3n) is 1.18. The van der Waals surface area contributed by atoms with Gasteiger partial charge in [0.15, 0.2) is 10.2 Å². The predicted molar refractivity (Wildman–Crippen MR) is 51.1 cm³/mol. The van der Waals surface area contributed by atoms with Gasteiger partial charge < -0.3 is 0 Å². The predicted octanol–water partition coefficient (Wildman–Crippen LogP) is 2.13. The van der Waals surface area contributed by atoms with E-state index in [-0.39, 0.29) is 0 Å². The van der Waals surface area contributed by atoms with Crippen molar-refractivity contribution in [2.45, 2.75) is 10.1 Å². The molecule has 4 nitrogen and oxygen atoms in total. The van der Waals surface area contributed by atoms with Crippen LogP contribution >= 0.6 is 35.1 Å². The van der Waals surface area contributed by atoms with Crippen LogP contribution in [-0.4, -0.2) is 18.7 Å². The smallest absolute Gasteiger partial charge is 0.177 e. The highest BCUT2D eigenvalue weighted by Gasteiger charge is 2.07. The summed E-state index contributed by atoms with van der Waals surface area (Å²) in [6.45, 7) is 0. The second-order valence-corrected chi connectivity index (χ2v) is 3.91. The molecule has 7 heteroatoms. The summed E-state index contributed by atoms with van der Waals surface area (Å²) in [5.74, 6) is 0. The molecule has 0 saturated carbocycles. The van der Waals surface area contributed by atoms with Gasteiger partial charge >= 0.3 is 0 Å². The molecule has 0 N–H and O–H groups in total. The number of nitrogens with zero attached hydrogens (tertiary/aromatic N) is 4. The summed E-state index contributed by atoms with van der Waals surface area (Å²) in [4.78, 5) is 7.83. The van der Waals surface area contributed by atoms with E-state index in [4.69, 9.17) is 11.6 Å². The summed E-state index contributed by atoms with van der Waals surface area (Å²) < 4.78 is 7.86. The number of hydrogen-bond donors (Lipinski definition) is 0. The molecule has 0 fully saturated rings. The minimum absolute atomic E-state index is 0.425. The normalized spacial score (nSPS) is 10.2. The standard InChI is InChI=1S/C6H3ClN4S2/c7-5-6(11-13-10-5)12-4-1-2-8-3-9-4/h1-3H. The van der Waals surface area contributed by atoms with E-state index in [1.807, 2.05) is 0 Å². The van der Waals surface area contributed by atoms with Crippen LogP contribution in [-0.2, 0) is 0 Å². The molecule has 0 radical (unpaired) electrons. The molecule has 0 aliphatic carbocycles. The van der Waals surface area contributed by atoms with Crippen LogP contribution in [0.5, 0.6) is 0 Å². The van der Waals surface area contributed by atoms with E-state index in [1.165, 1.54) is 18.1 Å². The van der Waals surface area contributed by atoms with E-state index in [9.17, 15) is 0 Å². The monoisotopic (exact) mass is 230 g/mol. The Hall–Kier alpha value is -0.720. The molecule has 66 valence electrons. The van der Waals surface area contributed by atoms with Crippen LogP contribution in [0.3, 0.4) is 0 Å². The van der Waals surface area contributed by atoms with Gasteiger partial charge in [-0.3, -0.25) is 0 Å². The highest BCUT2D eigenvalue weighted by Crippen LogP contribution is 2.29. The third-order valence-corrected chi connectivity index (χ3v) is 3.23. The van der Waals surface area contributed by atoms with Crippen molar-refractivity contribution in [1.82, 2.24) is 18.7 Å². The maximum absolute atomic E-state index is 5.76. The first-order chi connectivity index (χ1) is 6.36. The van der Waals surface area contributed by atoms with Gasteiger partial charge in [0, 0.05) is 6.20 Å². The van der Waals surface area contributed by atoms with Gasteiger partial charge in [0.25, 0.3) is 0 Å². The maximum Gasteiger partial charge on any atom is 0.177 e. The fraction of sp³-hybridized carbons (Fsp3) is 0. The summed E-state index contributed by atoms with van der Waals surface area (Å²) in [5.41, 5.74) is 0. The zero-order valence-electron chi connectivity index (χ0n) is 6.22. The molecule has 0 unspecified atom stereocenters. The molecule has 0 amide bonds. The van der Waals surface area contributed by atoms with Gasteiger partial charge in [-0.15, -0.1) is 0 Å². The Morgan fingerprint density at radius 1 is 1.38 bits per heavy atom. The van der Waals surface area contributed by atoms with Crippen LogP contribution in [0.2, 0.25) is 5.15 Å². The van der Waals surface area contributed by atoms with Gasteiger partial charge in [-0.2, -0.15) is 8.75 Å². The Morgan fingerprint density at radius 2 is 2.31 bits per heavy atom. The highest BCUT2D eigenvalue weighted by atomic mass is 35.5. The molecule has 13 heavy (non-hydrogen) atoms. The van der Waals surface area contributed by atoms with Crippen LogP contribution in [0.1, 0.15) is 0 Å². The van der Waals surface area contributed by atoms with Gasteiger partial charge in [-0.25, -0.2) is 9.97 Å². The van der Waals surface area contributed by atoms with Gasteiger partial charge in [-0.1, -0.05) is 11.6 Å². The van der Waals surface area contributed by atoms with E-state index in [1.54, 1.807) is 12.3 Å². The first-order valence-corrected chi connectivity index (χ1v) is 5.20. The van der Waals surface area contributed by atoms with Crippen LogP contribution in [0, 0.1) is 0 Å². The van der Waals surface area contributed by atoms with Crippen molar-refractivity contribution in [1.29, 1.82) is 0 Å². The highest BCUT2D eigenvalue weighted by molar-refractivity contribution is 7.99. The first-order valence-electron chi connectivity index (χ1n) is 3.28. The van der Waals surface area contributed by atoms with Crippen LogP contribution in [0.15, 0.2) is 28.6 Å². The zero-order valence-corrected chi connectivity index (χ0v) is 8.60. The second-order valence-electron chi connectivity index (χ2n) is 2.01. The van der Waals surface area contributed by atoms with Crippen molar-refractivity contribution < 1.29 is 0 Å². The van der Waals surface area contributed by atoms with E-state index in [0.717, 1.165) is 16.8 Å².